The molecule has 5 aromatic rings. The Hall–Kier alpha value is -3.70. The normalized spacial score (nSPS) is 11.0. The Morgan fingerprint density at radius 3 is 2.47 bits per heavy atom. The van der Waals surface area contributed by atoms with E-state index in [1.54, 1.807) is 11.3 Å². The van der Waals surface area contributed by atoms with Gasteiger partial charge in [0.2, 0.25) is 0 Å². The molecule has 0 atom stereocenters. The number of pyridine rings is 1. The van der Waals surface area contributed by atoms with Crippen molar-refractivity contribution in [2.24, 2.45) is 0 Å². The number of amides is 1. The van der Waals surface area contributed by atoms with Gasteiger partial charge >= 0.3 is 0 Å². The highest BCUT2D eigenvalue weighted by atomic mass is 32.1. The van der Waals surface area contributed by atoms with Gasteiger partial charge in [0.15, 0.2) is 0 Å². The van der Waals surface area contributed by atoms with E-state index in [0.717, 1.165) is 28.2 Å². The van der Waals surface area contributed by atoms with Gasteiger partial charge in [0.25, 0.3) is 5.91 Å². The van der Waals surface area contributed by atoms with Gasteiger partial charge in [-0.3, -0.25) is 4.79 Å². The van der Waals surface area contributed by atoms with Gasteiger partial charge in [0.1, 0.15) is 5.65 Å². The largest absolute Gasteiger partial charge is 0.322 e. The summed E-state index contributed by atoms with van der Waals surface area (Å²) in [4.78, 5) is 18.5. The van der Waals surface area contributed by atoms with Gasteiger partial charge in [0, 0.05) is 34.1 Å². The lowest BCUT2D eigenvalue weighted by molar-refractivity contribution is 0.102. The second-order valence-corrected chi connectivity index (χ2v) is 8.13. The van der Waals surface area contributed by atoms with E-state index in [2.05, 4.69) is 35.4 Å². The van der Waals surface area contributed by atoms with Crippen LogP contribution in [0.15, 0.2) is 90.6 Å². The Bertz CT molecular complexity index is 1320. The minimum atomic E-state index is -0.122. The minimum Gasteiger partial charge on any atom is -0.322 e. The number of hydrogen-bond acceptors (Lipinski definition) is 3. The molecular weight excluding hydrogens is 390 g/mol. The molecule has 0 aliphatic carbocycles. The van der Waals surface area contributed by atoms with Crippen LogP contribution < -0.4 is 5.32 Å². The smallest absolute Gasteiger partial charge is 0.255 e. The van der Waals surface area contributed by atoms with Gasteiger partial charge in [-0.1, -0.05) is 30.3 Å². The number of hydrogen-bond donors (Lipinski definition) is 1. The number of nitrogens with one attached hydrogen (secondary N) is 1. The van der Waals surface area contributed by atoms with Gasteiger partial charge in [-0.2, -0.15) is 0 Å². The Morgan fingerprint density at radius 2 is 1.73 bits per heavy atom. The van der Waals surface area contributed by atoms with E-state index in [0.29, 0.717) is 5.56 Å². The van der Waals surface area contributed by atoms with Gasteiger partial charge in [-0.15, -0.1) is 11.3 Å². The second kappa shape index (κ2) is 7.61. The molecule has 3 heterocycles. The summed E-state index contributed by atoms with van der Waals surface area (Å²) in [6.07, 6.45) is 4.02. The van der Waals surface area contributed by atoms with Crippen LogP contribution in [0.5, 0.6) is 0 Å². The summed E-state index contributed by atoms with van der Waals surface area (Å²) in [5.74, 6) is -0.122. The molecule has 0 unspecified atom stereocenters. The van der Waals surface area contributed by atoms with Crippen LogP contribution in [0.25, 0.3) is 27.3 Å². The maximum absolute atomic E-state index is 12.6. The molecule has 5 rings (SSSR count). The molecular formula is C25H19N3OS. The highest BCUT2D eigenvalue weighted by molar-refractivity contribution is 7.13. The molecule has 1 N–H and O–H groups in total. The SMILES string of the molecule is Cc1ccn2cc(-c3ccc(NC(=O)c4ccc(-c5cccs5)cc4)cc3)nc2c1. The van der Waals surface area contributed by atoms with Crippen LogP contribution in [-0.4, -0.2) is 15.3 Å². The zero-order valence-corrected chi connectivity index (χ0v) is 17.2. The molecule has 3 aromatic heterocycles. The van der Waals surface area contributed by atoms with Crippen molar-refractivity contribution < 1.29 is 4.79 Å². The summed E-state index contributed by atoms with van der Waals surface area (Å²) >= 11 is 1.69. The molecule has 0 saturated carbocycles. The number of anilines is 1. The molecule has 2 aromatic carbocycles. The molecule has 0 radical (unpaired) electrons. The van der Waals surface area contributed by atoms with Crippen molar-refractivity contribution in [1.82, 2.24) is 9.38 Å². The molecule has 0 fully saturated rings. The predicted molar refractivity (Wildman–Crippen MR) is 123 cm³/mol. The molecule has 0 spiro atoms. The molecule has 1 amide bonds. The fraction of sp³-hybridized carbons (Fsp3) is 0.0400. The Balaban J connectivity index is 1.31. The number of fused-ring (bicyclic) bond motifs is 1. The lowest BCUT2D eigenvalue weighted by atomic mass is 10.1. The summed E-state index contributed by atoms with van der Waals surface area (Å²) in [7, 11) is 0. The number of aryl methyl sites for hydroxylation is 1. The van der Waals surface area contributed by atoms with Gasteiger partial charge in [-0.25, -0.2) is 4.98 Å². The Morgan fingerprint density at radius 1 is 0.967 bits per heavy atom. The maximum atomic E-state index is 12.6. The quantitative estimate of drug-likeness (QED) is 0.379. The van der Waals surface area contributed by atoms with Crippen LogP contribution in [0.4, 0.5) is 5.69 Å². The zero-order valence-electron chi connectivity index (χ0n) is 16.4. The molecule has 30 heavy (non-hydrogen) atoms. The molecule has 5 heteroatoms. The number of imidazole rings is 1. The van der Waals surface area contributed by atoms with Crippen LogP contribution in [-0.2, 0) is 0 Å². The van der Waals surface area contributed by atoms with Crippen molar-refractivity contribution in [3.63, 3.8) is 0 Å². The van der Waals surface area contributed by atoms with Crippen LogP contribution in [0, 0.1) is 6.92 Å². The monoisotopic (exact) mass is 409 g/mol. The number of carbonyl (C=O) groups excluding carboxylic acids is 1. The van der Waals surface area contributed by atoms with E-state index in [9.17, 15) is 4.79 Å². The summed E-state index contributed by atoms with van der Waals surface area (Å²) in [5, 5.41) is 5.01. The fourth-order valence-electron chi connectivity index (χ4n) is 3.38. The second-order valence-electron chi connectivity index (χ2n) is 7.18. The third-order valence-electron chi connectivity index (χ3n) is 5.01. The standard InChI is InChI=1S/C25H19N3OS/c1-17-12-13-28-16-22(27-24(28)15-17)18-8-10-21(11-9-18)26-25(29)20-6-4-19(5-7-20)23-3-2-14-30-23/h2-16H,1H3,(H,26,29). The highest BCUT2D eigenvalue weighted by Gasteiger charge is 2.09. The van der Waals surface area contributed by atoms with Gasteiger partial charge in [-0.05, 0) is 65.9 Å². The van der Waals surface area contributed by atoms with E-state index in [1.165, 1.54) is 10.4 Å². The maximum Gasteiger partial charge on any atom is 0.255 e. The summed E-state index contributed by atoms with van der Waals surface area (Å²) < 4.78 is 2.01. The molecule has 0 bridgehead atoms. The van der Waals surface area contributed by atoms with E-state index < -0.39 is 0 Å². The lowest BCUT2D eigenvalue weighted by Gasteiger charge is -2.07. The fourth-order valence-corrected chi connectivity index (χ4v) is 4.11. The summed E-state index contributed by atoms with van der Waals surface area (Å²) in [6.45, 7) is 2.06. The first kappa shape index (κ1) is 18.3. The minimum absolute atomic E-state index is 0.122. The third-order valence-corrected chi connectivity index (χ3v) is 5.93. The first-order valence-corrected chi connectivity index (χ1v) is 10.5. The van der Waals surface area contributed by atoms with Gasteiger partial charge in [0.05, 0.1) is 5.69 Å². The van der Waals surface area contributed by atoms with Crippen molar-refractivity contribution in [2.75, 3.05) is 5.32 Å². The molecule has 0 aliphatic rings. The average molecular weight is 410 g/mol. The molecule has 146 valence electrons. The van der Waals surface area contributed by atoms with Crippen molar-refractivity contribution in [2.45, 2.75) is 6.92 Å². The number of rotatable bonds is 4. The predicted octanol–water partition coefficient (Wildman–Crippen LogP) is 6.29. The number of aromatic nitrogens is 2. The van der Waals surface area contributed by atoms with Crippen molar-refractivity contribution in [1.29, 1.82) is 0 Å². The van der Waals surface area contributed by atoms with E-state index in [4.69, 9.17) is 0 Å². The van der Waals surface area contributed by atoms with Crippen LogP contribution in [0.3, 0.4) is 0 Å². The van der Waals surface area contributed by atoms with E-state index in [-0.39, 0.29) is 5.91 Å². The van der Waals surface area contributed by atoms with Crippen molar-refractivity contribution >= 4 is 28.6 Å². The van der Waals surface area contributed by atoms with Crippen LogP contribution >= 0.6 is 11.3 Å². The summed E-state index contributed by atoms with van der Waals surface area (Å²) in [5.41, 5.74) is 6.53. The topological polar surface area (TPSA) is 46.4 Å². The number of carbonyl (C=O) groups is 1. The molecule has 0 aliphatic heterocycles. The van der Waals surface area contributed by atoms with Crippen LogP contribution in [0.1, 0.15) is 15.9 Å². The Kier molecular flexibility index (Phi) is 4.65. The summed E-state index contributed by atoms with van der Waals surface area (Å²) in [6, 6.07) is 23.7. The van der Waals surface area contributed by atoms with E-state index >= 15 is 0 Å². The van der Waals surface area contributed by atoms with Gasteiger partial charge < -0.3 is 9.72 Å². The highest BCUT2D eigenvalue weighted by Crippen LogP contribution is 2.25. The lowest BCUT2D eigenvalue weighted by Crippen LogP contribution is -2.11. The molecule has 4 nitrogen and oxygen atoms in total. The number of nitrogens with zero attached hydrogens (tertiary/aromatic N) is 2. The molecule has 0 saturated heterocycles. The van der Waals surface area contributed by atoms with Crippen molar-refractivity contribution in [3.8, 4) is 21.7 Å². The van der Waals surface area contributed by atoms with E-state index in [1.807, 2.05) is 76.8 Å². The first-order valence-electron chi connectivity index (χ1n) is 9.67. The average Bonchev–Trinajstić information content (AvgIpc) is 3.44. The van der Waals surface area contributed by atoms with Crippen LogP contribution in [0.2, 0.25) is 0 Å². The first-order chi connectivity index (χ1) is 14.7. The number of thiophene rings is 1. The van der Waals surface area contributed by atoms with Crippen molar-refractivity contribution in [3.05, 3.63) is 102 Å². The Labute approximate surface area is 178 Å². The number of benzene rings is 2. The zero-order chi connectivity index (χ0) is 20.5. The third kappa shape index (κ3) is 3.63.